The normalized spacial score (nSPS) is 18.6. The van der Waals surface area contributed by atoms with Crippen LogP contribution in [0.4, 0.5) is 0 Å². The Kier molecular flexibility index (Phi) is 5.47. The number of nitrogens with zero attached hydrogens (tertiary/aromatic N) is 3. The first kappa shape index (κ1) is 19.7. The molecule has 3 heterocycles. The molecular formula is C21H29N3O2S. The number of carbonyl (C=O) groups is 2. The van der Waals surface area contributed by atoms with E-state index in [0.29, 0.717) is 26.2 Å². The Balaban J connectivity index is 1.81. The first-order valence-electron chi connectivity index (χ1n) is 9.52. The fourth-order valence-corrected chi connectivity index (χ4v) is 4.49. The molecule has 1 atom stereocenters. The van der Waals surface area contributed by atoms with Crippen LogP contribution in [0.15, 0.2) is 29.7 Å². The number of rotatable bonds is 3. The summed E-state index contributed by atoms with van der Waals surface area (Å²) in [7, 11) is 0. The van der Waals surface area contributed by atoms with Crippen molar-refractivity contribution in [3.8, 4) is 0 Å². The van der Waals surface area contributed by atoms with Crippen LogP contribution in [-0.2, 0) is 11.3 Å². The van der Waals surface area contributed by atoms with Crippen molar-refractivity contribution in [2.75, 3.05) is 19.6 Å². The van der Waals surface area contributed by atoms with Crippen LogP contribution < -0.4 is 0 Å². The van der Waals surface area contributed by atoms with Crippen molar-refractivity contribution in [3.63, 3.8) is 0 Å². The van der Waals surface area contributed by atoms with Gasteiger partial charge in [-0.2, -0.15) is 0 Å². The number of allylic oxidation sites excluding steroid dienone is 2. The van der Waals surface area contributed by atoms with Gasteiger partial charge in [-0.15, -0.1) is 11.3 Å². The second-order valence-corrected chi connectivity index (χ2v) is 9.13. The van der Waals surface area contributed by atoms with Gasteiger partial charge in [0.15, 0.2) is 0 Å². The number of hydrogen-bond acceptors (Lipinski definition) is 3. The lowest BCUT2D eigenvalue weighted by Gasteiger charge is -2.42. The molecule has 0 radical (unpaired) electrons. The van der Waals surface area contributed by atoms with E-state index in [-0.39, 0.29) is 17.9 Å². The van der Waals surface area contributed by atoms with E-state index in [1.807, 2.05) is 56.6 Å². The van der Waals surface area contributed by atoms with E-state index in [0.717, 1.165) is 15.9 Å². The summed E-state index contributed by atoms with van der Waals surface area (Å²) in [6.07, 6.45) is 4.07. The Morgan fingerprint density at radius 3 is 2.67 bits per heavy atom. The molecule has 0 saturated carbocycles. The lowest BCUT2D eigenvalue weighted by atomic mass is 9.93. The second-order valence-electron chi connectivity index (χ2n) is 8.24. The maximum absolute atomic E-state index is 13.3. The molecule has 0 spiro atoms. The molecule has 0 N–H and O–H groups in total. The van der Waals surface area contributed by atoms with Gasteiger partial charge in [0.05, 0.1) is 0 Å². The van der Waals surface area contributed by atoms with Crippen molar-refractivity contribution in [3.05, 3.63) is 35.4 Å². The monoisotopic (exact) mass is 387 g/mol. The van der Waals surface area contributed by atoms with Crippen molar-refractivity contribution in [2.45, 2.75) is 47.2 Å². The summed E-state index contributed by atoms with van der Waals surface area (Å²) < 4.78 is 2.10. The van der Waals surface area contributed by atoms with Gasteiger partial charge in [0.25, 0.3) is 5.91 Å². The van der Waals surface area contributed by atoms with Gasteiger partial charge in [-0.25, -0.2) is 0 Å². The van der Waals surface area contributed by atoms with Gasteiger partial charge >= 0.3 is 0 Å². The van der Waals surface area contributed by atoms with Crippen LogP contribution in [0.5, 0.6) is 0 Å². The molecule has 6 heteroatoms. The van der Waals surface area contributed by atoms with Crippen LogP contribution in [0.25, 0.3) is 10.2 Å². The zero-order valence-electron chi connectivity index (χ0n) is 16.9. The Hall–Kier alpha value is -2.08. The molecule has 0 aromatic carbocycles. The molecule has 1 saturated heterocycles. The molecular weight excluding hydrogens is 358 g/mol. The van der Waals surface area contributed by atoms with Gasteiger partial charge in [0, 0.05) is 43.0 Å². The fourth-order valence-electron chi connectivity index (χ4n) is 3.58. The molecule has 2 aromatic rings. The summed E-state index contributed by atoms with van der Waals surface area (Å²) in [5.74, 6) is 0.205. The van der Waals surface area contributed by atoms with E-state index >= 15 is 0 Å². The minimum absolute atomic E-state index is 0.0227. The Labute approximate surface area is 165 Å². The van der Waals surface area contributed by atoms with Gasteiger partial charge < -0.3 is 14.4 Å². The number of thiophene rings is 1. The third kappa shape index (κ3) is 3.81. The second kappa shape index (κ2) is 7.50. The van der Waals surface area contributed by atoms with Crippen LogP contribution in [0.1, 0.15) is 45.1 Å². The first-order valence-corrected chi connectivity index (χ1v) is 10.4. The Bertz CT molecular complexity index is 872. The lowest BCUT2D eigenvalue weighted by molar-refractivity contribution is -0.143. The average molecular weight is 388 g/mol. The van der Waals surface area contributed by atoms with Crippen molar-refractivity contribution in [1.29, 1.82) is 0 Å². The van der Waals surface area contributed by atoms with Crippen LogP contribution in [-0.4, -0.2) is 51.9 Å². The highest BCUT2D eigenvalue weighted by molar-refractivity contribution is 7.16. The topological polar surface area (TPSA) is 45.6 Å². The number of hydrogen-bond donors (Lipinski definition) is 0. The van der Waals surface area contributed by atoms with Crippen molar-refractivity contribution < 1.29 is 9.59 Å². The smallest absolute Gasteiger partial charge is 0.270 e. The van der Waals surface area contributed by atoms with E-state index in [2.05, 4.69) is 22.1 Å². The number of piperazine rings is 1. The lowest BCUT2D eigenvalue weighted by Crippen LogP contribution is -2.57. The number of fused-ring (bicyclic) bond motifs is 1. The predicted octanol–water partition coefficient (Wildman–Crippen LogP) is 4.00. The van der Waals surface area contributed by atoms with Crippen LogP contribution >= 0.6 is 11.3 Å². The minimum Gasteiger partial charge on any atom is -0.336 e. The van der Waals surface area contributed by atoms with Crippen LogP contribution in [0, 0.1) is 5.41 Å². The molecule has 0 bridgehead atoms. The van der Waals surface area contributed by atoms with Crippen molar-refractivity contribution in [1.82, 2.24) is 14.4 Å². The maximum Gasteiger partial charge on any atom is 0.270 e. The molecule has 1 aliphatic heterocycles. The SMILES string of the molecule is C/C=C\Cn1c(C(=O)N2CCN(C(=O)C(C)(C)C)[C@@H](C)C2)cc2ccsc21. The summed E-state index contributed by atoms with van der Waals surface area (Å²) >= 11 is 1.66. The minimum atomic E-state index is -0.397. The summed E-state index contributed by atoms with van der Waals surface area (Å²) in [6, 6.07) is 4.08. The maximum atomic E-state index is 13.3. The fraction of sp³-hybridized carbons (Fsp3) is 0.524. The summed E-state index contributed by atoms with van der Waals surface area (Å²) in [5.41, 5.74) is 0.337. The number of carbonyl (C=O) groups excluding carboxylic acids is 2. The van der Waals surface area contributed by atoms with E-state index < -0.39 is 5.41 Å². The van der Waals surface area contributed by atoms with Gasteiger partial charge in [-0.05, 0) is 31.4 Å². The molecule has 146 valence electrons. The molecule has 5 nitrogen and oxygen atoms in total. The molecule has 2 amide bonds. The highest BCUT2D eigenvalue weighted by Gasteiger charge is 2.35. The van der Waals surface area contributed by atoms with E-state index in [1.54, 1.807) is 11.3 Å². The van der Waals surface area contributed by atoms with Crippen molar-refractivity contribution in [2.24, 2.45) is 5.41 Å². The Morgan fingerprint density at radius 2 is 2.04 bits per heavy atom. The highest BCUT2D eigenvalue weighted by atomic mass is 32.1. The largest absolute Gasteiger partial charge is 0.336 e. The molecule has 0 aliphatic carbocycles. The average Bonchev–Trinajstić information content (AvgIpc) is 3.19. The van der Waals surface area contributed by atoms with Crippen LogP contribution in [0.3, 0.4) is 0 Å². The van der Waals surface area contributed by atoms with Crippen molar-refractivity contribution >= 4 is 33.4 Å². The zero-order valence-corrected chi connectivity index (χ0v) is 17.7. The summed E-state index contributed by atoms with van der Waals surface area (Å²) in [6.45, 7) is 12.3. The highest BCUT2D eigenvalue weighted by Crippen LogP contribution is 2.27. The third-order valence-electron chi connectivity index (χ3n) is 5.06. The van der Waals surface area contributed by atoms with E-state index in [1.165, 1.54) is 0 Å². The molecule has 1 aliphatic rings. The van der Waals surface area contributed by atoms with Gasteiger partial charge in [-0.3, -0.25) is 9.59 Å². The number of aromatic nitrogens is 1. The summed E-state index contributed by atoms with van der Waals surface area (Å²) in [5, 5.41) is 3.17. The van der Waals surface area contributed by atoms with Gasteiger partial charge in [0.1, 0.15) is 10.5 Å². The van der Waals surface area contributed by atoms with Gasteiger partial charge in [0.2, 0.25) is 5.91 Å². The van der Waals surface area contributed by atoms with E-state index in [4.69, 9.17) is 0 Å². The molecule has 1 fully saturated rings. The Morgan fingerprint density at radius 1 is 1.30 bits per heavy atom. The van der Waals surface area contributed by atoms with Gasteiger partial charge in [-0.1, -0.05) is 32.9 Å². The predicted molar refractivity (Wildman–Crippen MR) is 111 cm³/mol. The number of amides is 2. The molecule has 2 aromatic heterocycles. The van der Waals surface area contributed by atoms with E-state index in [9.17, 15) is 9.59 Å². The zero-order chi connectivity index (χ0) is 19.8. The molecule has 3 rings (SSSR count). The molecule has 0 unspecified atom stereocenters. The quantitative estimate of drug-likeness (QED) is 0.748. The summed E-state index contributed by atoms with van der Waals surface area (Å²) in [4.78, 5) is 30.8. The standard InChI is InChI=1S/C21H29N3O2S/c1-6-7-9-24-17(13-16-8-12-27-19(16)24)18(25)22-10-11-23(15(2)14-22)20(26)21(3,4)5/h6-8,12-13,15H,9-11,14H2,1-5H3/b7-6-/t15-/m0/s1. The molecule has 27 heavy (non-hydrogen) atoms. The third-order valence-corrected chi connectivity index (χ3v) is 6.01. The van der Waals surface area contributed by atoms with Crippen LogP contribution in [0.2, 0.25) is 0 Å². The first-order chi connectivity index (χ1) is 12.7.